The Labute approximate surface area is 381 Å². The Bertz CT molecular complexity index is 2700. The number of hydrogen-bond acceptors (Lipinski definition) is 10. The lowest BCUT2D eigenvalue weighted by Gasteiger charge is -2.15. The summed E-state index contributed by atoms with van der Waals surface area (Å²) >= 11 is 3.38. The number of aryl methyl sites for hydroxylation is 4. The molecule has 318 valence electrons. The smallest absolute Gasteiger partial charge is 0.212 e. The lowest BCUT2D eigenvalue weighted by Crippen LogP contribution is -2.09. The van der Waals surface area contributed by atoms with Gasteiger partial charge in [-0.1, -0.05) is 168 Å². The summed E-state index contributed by atoms with van der Waals surface area (Å²) in [6.07, 6.45) is 3.33. The van der Waals surface area contributed by atoms with Gasteiger partial charge in [0.25, 0.3) is 0 Å². The molecule has 10 nitrogen and oxygen atoms in total. The van der Waals surface area contributed by atoms with E-state index in [4.69, 9.17) is 19.7 Å². The quantitative estimate of drug-likeness (QED) is 0.113. The minimum Gasteiger partial charge on any atom is -0.486 e. The predicted molar refractivity (Wildman–Crippen MR) is 255 cm³/mol. The Morgan fingerprint density at radius 3 is 1.25 bits per heavy atom. The molecule has 64 heavy (non-hydrogen) atoms. The summed E-state index contributed by atoms with van der Waals surface area (Å²) in [6, 6.07) is 54.7. The van der Waals surface area contributed by atoms with E-state index in [0.29, 0.717) is 11.6 Å². The Hall–Kier alpha value is -6.76. The fourth-order valence-corrected chi connectivity index (χ4v) is 10.0. The minimum absolute atomic E-state index is 0.155. The van der Waals surface area contributed by atoms with Gasteiger partial charge in [-0.05, 0) is 84.3 Å². The first kappa shape index (κ1) is 41.3. The van der Waals surface area contributed by atoms with Crippen LogP contribution in [-0.2, 0) is 26.1 Å². The van der Waals surface area contributed by atoms with Crippen molar-refractivity contribution < 1.29 is 9.47 Å². The largest absolute Gasteiger partial charge is 0.486 e. The van der Waals surface area contributed by atoms with Crippen LogP contribution in [0, 0.1) is 13.8 Å². The fourth-order valence-electron chi connectivity index (χ4n) is 7.77. The lowest BCUT2D eigenvalue weighted by atomic mass is 10.0. The van der Waals surface area contributed by atoms with Crippen molar-refractivity contribution in [2.75, 3.05) is 0 Å². The van der Waals surface area contributed by atoms with E-state index in [-0.39, 0.29) is 23.7 Å². The van der Waals surface area contributed by atoms with Crippen LogP contribution in [0.15, 0.2) is 178 Å². The van der Waals surface area contributed by atoms with E-state index in [0.717, 1.165) is 70.0 Å². The molecule has 0 N–H and O–H groups in total. The zero-order chi connectivity index (χ0) is 43.2. The molecule has 2 atom stereocenters. The van der Waals surface area contributed by atoms with Crippen molar-refractivity contribution in [1.29, 1.82) is 0 Å². The van der Waals surface area contributed by atoms with Crippen molar-refractivity contribution in [2.24, 2.45) is 10.2 Å². The molecule has 2 aliphatic heterocycles. The monoisotopic (exact) mass is 878 g/mol. The van der Waals surface area contributed by atoms with Gasteiger partial charge in [0, 0.05) is 23.3 Å². The van der Waals surface area contributed by atoms with Gasteiger partial charge in [-0.2, -0.15) is 19.6 Å². The van der Waals surface area contributed by atoms with Crippen molar-refractivity contribution >= 4 is 34.9 Å². The third-order valence-electron chi connectivity index (χ3n) is 11.4. The van der Waals surface area contributed by atoms with Gasteiger partial charge in [0.1, 0.15) is 24.7 Å². The second kappa shape index (κ2) is 18.9. The van der Waals surface area contributed by atoms with Gasteiger partial charge in [0.05, 0.1) is 11.4 Å². The molecule has 0 radical (unpaired) electrons. The Morgan fingerprint density at radius 1 is 0.469 bits per heavy atom. The van der Waals surface area contributed by atoms with E-state index < -0.39 is 0 Å². The summed E-state index contributed by atoms with van der Waals surface area (Å²) in [5, 5.41) is 30.2. The summed E-state index contributed by atoms with van der Waals surface area (Å²) in [6.45, 7) is 4.72. The maximum absolute atomic E-state index is 6.26. The van der Waals surface area contributed by atoms with Crippen LogP contribution in [0.1, 0.15) is 79.5 Å². The van der Waals surface area contributed by atoms with E-state index in [1.165, 1.54) is 33.4 Å². The molecule has 6 aromatic carbocycles. The molecule has 2 unspecified atom stereocenters. The maximum atomic E-state index is 6.26. The van der Waals surface area contributed by atoms with E-state index in [2.05, 4.69) is 156 Å². The molecule has 0 bridgehead atoms. The number of rotatable bonds is 13. The molecule has 2 aromatic heterocycles. The molecule has 0 aliphatic carbocycles. The highest BCUT2D eigenvalue weighted by Crippen LogP contribution is 2.42. The zero-order valence-corrected chi connectivity index (χ0v) is 37.3. The molecule has 10 rings (SSSR count). The predicted octanol–water partition coefficient (Wildman–Crippen LogP) is 11.4. The van der Waals surface area contributed by atoms with Crippen molar-refractivity contribution in [1.82, 2.24) is 29.7 Å². The van der Waals surface area contributed by atoms with Crippen LogP contribution in [0.3, 0.4) is 0 Å². The molecule has 12 heteroatoms. The van der Waals surface area contributed by atoms with Crippen LogP contribution in [0.2, 0.25) is 0 Å². The number of nitrogens with zero attached hydrogens (tertiary/aromatic N) is 8. The molecular weight excluding hydrogens is 833 g/mol. The standard InChI is InChI=1S/C52H46N8O2S2/c1-35-13-23-41(24-14-35)47-31-45(39-9-5-3-6-10-39)57-59-49(53-55-51(59)63-47)33-61-43-27-19-37(20-28-43)17-18-38-21-29-44(30-22-38)62-34-50-54-56-52-60(50)58-46(40-11-7-4-8-12-40)32-48(64-52)42-25-15-36(2)16-26-42/h3-16,19-30,47-48H,17-18,31-34H2,1-2H3. The van der Waals surface area contributed by atoms with Crippen molar-refractivity contribution in [3.63, 3.8) is 0 Å². The van der Waals surface area contributed by atoms with Crippen LogP contribution >= 0.6 is 23.5 Å². The Morgan fingerprint density at radius 2 is 0.859 bits per heavy atom. The molecular formula is C52H46N8O2S2. The minimum atomic E-state index is 0.155. The number of aromatic nitrogens is 6. The SMILES string of the molecule is Cc1ccc(C2CC(c3ccccc3)=Nn3c(COc4ccc(CCc5ccc(OCc6nnc7n6N=C(c6ccccc6)CC(c6ccc(C)cc6)S7)cc5)cc4)nnc3S2)cc1. The van der Waals surface area contributed by atoms with Crippen LogP contribution in [0.5, 0.6) is 11.5 Å². The third kappa shape index (κ3) is 9.58. The highest BCUT2D eigenvalue weighted by atomic mass is 32.2. The molecule has 0 saturated carbocycles. The second-order valence-electron chi connectivity index (χ2n) is 16.1. The highest BCUT2D eigenvalue weighted by Gasteiger charge is 2.28. The maximum Gasteiger partial charge on any atom is 0.212 e. The van der Waals surface area contributed by atoms with Gasteiger partial charge >= 0.3 is 0 Å². The van der Waals surface area contributed by atoms with Crippen molar-refractivity contribution in [2.45, 2.75) is 73.6 Å². The Balaban J connectivity index is 0.753. The molecule has 2 aliphatic rings. The van der Waals surface area contributed by atoms with E-state index in [1.54, 1.807) is 23.5 Å². The topological polar surface area (TPSA) is 105 Å². The highest BCUT2D eigenvalue weighted by molar-refractivity contribution is 7.99. The molecule has 0 saturated heterocycles. The van der Waals surface area contributed by atoms with Crippen LogP contribution < -0.4 is 9.47 Å². The van der Waals surface area contributed by atoms with Crippen molar-refractivity contribution in [3.05, 3.63) is 214 Å². The van der Waals surface area contributed by atoms with Gasteiger partial charge in [-0.25, -0.2) is 0 Å². The fraction of sp³-hybridized carbons (Fsp3) is 0.192. The van der Waals surface area contributed by atoms with Gasteiger partial charge < -0.3 is 9.47 Å². The van der Waals surface area contributed by atoms with E-state index >= 15 is 0 Å². The van der Waals surface area contributed by atoms with Gasteiger partial charge in [0.15, 0.2) is 11.6 Å². The summed E-state index contributed by atoms with van der Waals surface area (Å²) in [4.78, 5) is 0. The Kier molecular flexibility index (Phi) is 12.2. The lowest BCUT2D eigenvalue weighted by molar-refractivity contribution is 0.289. The molecule has 0 amide bonds. The molecule has 0 fully saturated rings. The number of benzene rings is 6. The number of fused-ring (bicyclic) bond motifs is 2. The average molecular weight is 879 g/mol. The summed E-state index contributed by atoms with van der Waals surface area (Å²) in [5.41, 5.74) is 11.6. The number of ether oxygens (including phenoxy) is 2. The molecule has 4 heterocycles. The normalized spacial score (nSPS) is 15.8. The van der Waals surface area contributed by atoms with Crippen LogP contribution in [-0.4, -0.2) is 41.2 Å². The van der Waals surface area contributed by atoms with Gasteiger partial charge in [0.2, 0.25) is 10.3 Å². The first-order valence-corrected chi connectivity index (χ1v) is 23.3. The van der Waals surface area contributed by atoms with Crippen LogP contribution in [0.25, 0.3) is 0 Å². The van der Waals surface area contributed by atoms with Gasteiger partial charge in [-0.3, -0.25) is 0 Å². The van der Waals surface area contributed by atoms with E-state index in [1.807, 2.05) is 45.8 Å². The molecule has 8 aromatic rings. The summed E-state index contributed by atoms with van der Waals surface area (Å²) in [7, 11) is 0. The first-order chi connectivity index (χ1) is 31.5. The number of thioether (sulfide) groups is 2. The van der Waals surface area contributed by atoms with Crippen LogP contribution in [0.4, 0.5) is 0 Å². The van der Waals surface area contributed by atoms with E-state index in [9.17, 15) is 0 Å². The first-order valence-electron chi connectivity index (χ1n) is 21.5. The number of hydrogen-bond donors (Lipinski definition) is 0. The summed E-state index contributed by atoms with van der Waals surface area (Å²) in [5.74, 6) is 2.85. The average Bonchev–Trinajstić information content (AvgIpc) is 3.76. The molecule has 0 spiro atoms. The second-order valence-corrected chi connectivity index (χ2v) is 18.4. The third-order valence-corrected chi connectivity index (χ3v) is 13.8. The van der Waals surface area contributed by atoms with Gasteiger partial charge in [-0.15, -0.1) is 20.4 Å². The van der Waals surface area contributed by atoms with Crippen molar-refractivity contribution in [3.8, 4) is 11.5 Å². The zero-order valence-electron chi connectivity index (χ0n) is 35.6. The summed E-state index contributed by atoms with van der Waals surface area (Å²) < 4.78 is 16.2.